The van der Waals surface area contributed by atoms with Crippen molar-refractivity contribution in [2.45, 2.75) is 13.0 Å². The molecule has 0 saturated carbocycles. The van der Waals surface area contributed by atoms with E-state index >= 15 is 0 Å². The van der Waals surface area contributed by atoms with E-state index in [0.717, 1.165) is 93.5 Å². The van der Waals surface area contributed by atoms with Crippen molar-refractivity contribution < 1.29 is 9.13 Å². The van der Waals surface area contributed by atoms with Crippen molar-refractivity contribution in [2.24, 2.45) is 9.98 Å². The molecular weight excluding hydrogens is 645 g/mol. The average Bonchev–Trinajstić information content (AvgIpc) is 3.43. The molecule has 4 heterocycles. The number of aryl methyl sites for hydroxylation is 1. The normalized spacial score (nSPS) is 17.1. The summed E-state index contributed by atoms with van der Waals surface area (Å²) in [4.78, 5) is 17.6. The second-order valence-corrected chi connectivity index (χ2v) is 12.5. The SMILES string of the molecule is COc1ccc(Br)cc1[C@H]1c2c(C)nn(-c3ccccc3)c2N=C2C(N3CCN(c4ccc(F)cc4)CC3)=Nc3ccccc3N21. The van der Waals surface area contributed by atoms with E-state index in [1.165, 1.54) is 12.1 Å². The van der Waals surface area contributed by atoms with Crippen LogP contribution in [0, 0.1) is 12.7 Å². The molecule has 8 nitrogen and oxygen atoms in total. The lowest BCUT2D eigenvalue weighted by atomic mass is 9.92. The van der Waals surface area contributed by atoms with Crippen molar-refractivity contribution in [3.8, 4) is 11.4 Å². The number of piperazine rings is 1. The first-order valence-corrected chi connectivity index (χ1v) is 16.1. The van der Waals surface area contributed by atoms with Gasteiger partial charge in [-0.15, -0.1) is 0 Å². The second kappa shape index (κ2) is 11.4. The number of benzene rings is 4. The van der Waals surface area contributed by atoms with Gasteiger partial charge in [-0.2, -0.15) is 5.10 Å². The molecule has 0 aliphatic carbocycles. The van der Waals surface area contributed by atoms with Gasteiger partial charge in [-0.25, -0.2) is 19.1 Å². The Balaban J connectivity index is 1.30. The Morgan fingerprint density at radius 3 is 2.26 bits per heavy atom. The topological polar surface area (TPSA) is 61.5 Å². The van der Waals surface area contributed by atoms with Gasteiger partial charge in [0.2, 0.25) is 0 Å². The number of amidine groups is 2. The van der Waals surface area contributed by atoms with E-state index in [9.17, 15) is 4.39 Å². The smallest absolute Gasteiger partial charge is 0.179 e. The molecule has 0 bridgehead atoms. The maximum absolute atomic E-state index is 13.6. The first-order chi connectivity index (χ1) is 22.5. The third-order valence-electron chi connectivity index (χ3n) is 8.88. The van der Waals surface area contributed by atoms with E-state index in [0.29, 0.717) is 0 Å². The maximum Gasteiger partial charge on any atom is 0.179 e. The largest absolute Gasteiger partial charge is 0.496 e. The number of para-hydroxylation sites is 3. The molecule has 8 rings (SSSR count). The summed E-state index contributed by atoms with van der Waals surface area (Å²) in [6, 6.07) is 30.9. The van der Waals surface area contributed by atoms with Gasteiger partial charge in [0.15, 0.2) is 17.5 Å². The van der Waals surface area contributed by atoms with Crippen molar-refractivity contribution in [1.29, 1.82) is 0 Å². The van der Waals surface area contributed by atoms with Crippen LogP contribution in [0.2, 0.25) is 0 Å². The Hall–Kier alpha value is -4.96. The highest BCUT2D eigenvalue weighted by Gasteiger charge is 2.44. The number of aliphatic imine (C=N–C) groups is 2. The van der Waals surface area contributed by atoms with Crippen LogP contribution < -0.4 is 14.5 Å². The lowest BCUT2D eigenvalue weighted by molar-refractivity contribution is 0.388. The van der Waals surface area contributed by atoms with Crippen LogP contribution in [0.4, 0.5) is 27.3 Å². The van der Waals surface area contributed by atoms with Crippen LogP contribution in [-0.2, 0) is 0 Å². The third-order valence-corrected chi connectivity index (χ3v) is 9.37. The molecule has 46 heavy (non-hydrogen) atoms. The number of aromatic nitrogens is 2. The summed E-state index contributed by atoms with van der Waals surface area (Å²) in [7, 11) is 1.71. The van der Waals surface area contributed by atoms with Crippen LogP contribution in [0.5, 0.6) is 5.75 Å². The van der Waals surface area contributed by atoms with Gasteiger partial charge in [0.05, 0.1) is 35.9 Å². The number of anilines is 2. The van der Waals surface area contributed by atoms with Crippen LogP contribution in [0.15, 0.2) is 112 Å². The Labute approximate surface area is 275 Å². The predicted octanol–water partition coefficient (Wildman–Crippen LogP) is 7.60. The molecule has 0 radical (unpaired) electrons. The summed E-state index contributed by atoms with van der Waals surface area (Å²) in [6.07, 6.45) is 0. The average molecular weight is 677 g/mol. The van der Waals surface area contributed by atoms with Crippen molar-refractivity contribution >= 4 is 50.5 Å². The van der Waals surface area contributed by atoms with E-state index in [-0.39, 0.29) is 11.9 Å². The summed E-state index contributed by atoms with van der Waals surface area (Å²) in [5.74, 6) is 2.92. The van der Waals surface area contributed by atoms with Gasteiger partial charge in [0.25, 0.3) is 0 Å². The summed E-state index contributed by atoms with van der Waals surface area (Å²) in [5, 5.41) is 5.06. The molecular formula is C36H31BrFN7O. The third kappa shape index (κ3) is 4.75. The molecule has 3 aliphatic rings. The summed E-state index contributed by atoms with van der Waals surface area (Å²) < 4.78 is 22.5. The fraction of sp³-hybridized carbons (Fsp3) is 0.194. The number of methoxy groups -OCH3 is 1. The minimum Gasteiger partial charge on any atom is -0.496 e. The number of halogens is 2. The fourth-order valence-electron chi connectivity index (χ4n) is 6.70. The quantitative estimate of drug-likeness (QED) is 0.196. The molecule has 1 aromatic heterocycles. The molecule has 0 unspecified atom stereocenters. The Morgan fingerprint density at radius 1 is 0.783 bits per heavy atom. The highest BCUT2D eigenvalue weighted by atomic mass is 79.9. The minimum absolute atomic E-state index is 0.228. The monoisotopic (exact) mass is 675 g/mol. The van der Waals surface area contributed by atoms with Gasteiger partial charge in [-0.1, -0.05) is 46.3 Å². The van der Waals surface area contributed by atoms with Gasteiger partial charge in [0.1, 0.15) is 11.6 Å². The van der Waals surface area contributed by atoms with Gasteiger partial charge in [0, 0.05) is 47.5 Å². The second-order valence-electron chi connectivity index (χ2n) is 11.5. The Morgan fingerprint density at radius 2 is 1.50 bits per heavy atom. The molecule has 3 aliphatic heterocycles. The maximum atomic E-state index is 13.6. The molecule has 230 valence electrons. The van der Waals surface area contributed by atoms with Crippen LogP contribution in [-0.4, -0.2) is 59.6 Å². The van der Waals surface area contributed by atoms with E-state index in [2.05, 4.69) is 55.8 Å². The van der Waals surface area contributed by atoms with Crippen LogP contribution in [0.1, 0.15) is 22.9 Å². The predicted molar refractivity (Wildman–Crippen MR) is 184 cm³/mol. The van der Waals surface area contributed by atoms with Gasteiger partial charge in [-0.3, -0.25) is 0 Å². The van der Waals surface area contributed by atoms with Gasteiger partial charge in [-0.05, 0) is 73.7 Å². The summed E-state index contributed by atoms with van der Waals surface area (Å²) >= 11 is 3.73. The first kappa shape index (κ1) is 28.5. The molecule has 0 N–H and O–H groups in total. The molecule has 0 spiro atoms. The van der Waals surface area contributed by atoms with Crippen LogP contribution in [0.25, 0.3) is 5.69 Å². The van der Waals surface area contributed by atoms with Crippen molar-refractivity contribution in [3.63, 3.8) is 0 Å². The minimum atomic E-state index is -0.292. The highest BCUT2D eigenvalue weighted by molar-refractivity contribution is 9.10. The van der Waals surface area contributed by atoms with Gasteiger partial charge < -0.3 is 19.4 Å². The molecule has 1 saturated heterocycles. The number of hydrogen-bond acceptors (Lipinski definition) is 7. The molecule has 5 aromatic rings. The number of rotatable bonds is 4. The zero-order valence-corrected chi connectivity index (χ0v) is 27.0. The summed E-state index contributed by atoms with van der Waals surface area (Å²) in [5.41, 5.74) is 6.71. The number of ether oxygens (including phenoxy) is 1. The molecule has 10 heteroatoms. The number of hydrogen-bond donors (Lipinski definition) is 0. The first-order valence-electron chi connectivity index (χ1n) is 15.3. The Bertz CT molecular complexity index is 2000. The van der Waals surface area contributed by atoms with Crippen molar-refractivity contribution in [1.82, 2.24) is 14.7 Å². The van der Waals surface area contributed by atoms with E-state index in [4.69, 9.17) is 19.8 Å². The lowest BCUT2D eigenvalue weighted by Crippen LogP contribution is -2.55. The lowest BCUT2D eigenvalue weighted by Gasteiger charge is -2.44. The molecule has 1 fully saturated rings. The standard InChI is InChI=1S/C36H31BrFN7O/c1-23-32-33(28-22-24(37)12-17-31(28)46-2)44-30-11-7-6-10-29(30)39-35(36(44)40-34(32)45(41-23)27-8-4-3-5-9-27)43-20-18-42(19-21-43)26-15-13-25(38)14-16-26/h3-17,22,33H,18-21H2,1-2H3/t33-/m0/s1. The molecule has 1 atom stereocenters. The van der Waals surface area contributed by atoms with E-state index in [1.807, 2.05) is 71.4 Å². The highest BCUT2D eigenvalue weighted by Crippen LogP contribution is 2.50. The zero-order chi connectivity index (χ0) is 31.4. The fourth-order valence-corrected chi connectivity index (χ4v) is 7.08. The summed E-state index contributed by atoms with van der Waals surface area (Å²) in [6.45, 7) is 5.07. The Kier molecular flexibility index (Phi) is 7.09. The number of nitrogens with zero attached hydrogens (tertiary/aromatic N) is 7. The van der Waals surface area contributed by atoms with Crippen LogP contribution >= 0.6 is 15.9 Å². The van der Waals surface area contributed by atoms with Crippen LogP contribution in [0.3, 0.4) is 0 Å². The van der Waals surface area contributed by atoms with Crippen molar-refractivity contribution in [3.05, 3.63) is 124 Å². The van der Waals surface area contributed by atoms with E-state index in [1.54, 1.807) is 7.11 Å². The van der Waals surface area contributed by atoms with E-state index < -0.39 is 0 Å². The van der Waals surface area contributed by atoms with Crippen molar-refractivity contribution in [2.75, 3.05) is 43.1 Å². The van der Waals surface area contributed by atoms with Gasteiger partial charge >= 0.3 is 0 Å². The number of fused-ring (bicyclic) bond motifs is 4. The molecule has 4 aromatic carbocycles. The zero-order valence-electron chi connectivity index (χ0n) is 25.4. The molecule has 0 amide bonds.